The summed E-state index contributed by atoms with van der Waals surface area (Å²) in [6.07, 6.45) is 3.94. The van der Waals surface area contributed by atoms with Crippen molar-refractivity contribution in [2.45, 2.75) is 114 Å². The fourth-order valence-corrected chi connectivity index (χ4v) is 8.95. The first-order valence-electron chi connectivity index (χ1n) is 20.7. The third-order valence-electron chi connectivity index (χ3n) is 12.6. The van der Waals surface area contributed by atoms with Gasteiger partial charge in [-0.15, -0.1) is 0 Å². The lowest BCUT2D eigenvalue weighted by Gasteiger charge is -2.42. The van der Waals surface area contributed by atoms with Gasteiger partial charge >= 0.3 is 11.9 Å². The normalized spacial score (nSPS) is 27.7. The molecule has 0 unspecified atom stereocenters. The number of fused-ring (bicyclic) bond motifs is 8. The van der Waals surface area contributed by atoms with E-state index in [1.165, 1.54) is 6.07 Å². The number of hydrogen-bond donors (Lipinski definition) is 5. The largest absolute Gasteiger partial charge is 0.508 e. The first-order chi connectivity index (χ1) is 28.2. The number of benzene rings is 3. The lowest BCUT2D eigenvalue weighted by molar-refractivity contribution is -0.170. The number of ether oxygens (including phenoxy) is 3. The summed E-state index contributed by atoms with van der Waals surface area (Å²) >= 11 is 0. The standard InChI is InChI=1S/C48H55NO10/c1-47(55,14-15-57-3)28-49-39-19-31(27-50)18-35(22-39)32-10-11-33-25-45(53)58-43-26-42(52)37(23-40(33)43)24-44-48(2,56)38-12-13-41(51)36(21-38)17-30-8-4-6-29(16-30)7-5-9-34(20-32)46(54)59-44/h4,6,8-9,16,18-19,22-23,26,32-33,36,38,44,49-50,52,55-56H,5,7,12-15,17,20-21,24-25,27-28H2,1-3H3/b34-9-/t32-,33+,36-,38+,44+,47+,48-/m0/s1. The summed E-state index contributed by atoms with van der Waals surface area (Å²) in [5.41, 5.74) is 2.69. The molecule has 0 saturated heterocycles. The van der Waals surface area contributed by atoms with Crippen LogP contribution in [0.25, 0.3) is 0 Å². The molecular formula is C48H55NO10. The van der Waals surface area contributed by atoms with Gasteiger partial charge in [0.15, 0.2) is 0 Å². The van der Waals surface area contributed by atoms with E-state index in [2.05, 4.69) is 23.2 Å². The van der Waals surface area contributed by atoms with Gasteiger partial charge in [-0.1, -0.05) is 48.2 Å². The van der Waals surface area contributed by atoms with Crippen LogP contribution in [0, 0.1) is 23.7 Å². The molecule has 3 aromatic rings. The number of hydrogen-bond acceptors (Lipinski definition) is 11. The molecule has 4 aliphatic rings. The molecule has 3 aliphatic heterocycles. The molecule has 11 nitrogen and oxygen atoms in total. The molecule has 0 radical (unpaired) electrons. The van der Waals surface area contributed by atoms with Crippen LogP contribution < -0.4 is 10.1 Å². The molecule has 7 atom stereocenters. The van der Waals surface area contributed by atoms with Crippen LogP contribution in [-0.4, -0.2) is 75.7 Å². The number of Topliss-reactive ketones (excluding diaryl/α,β-unsaturated/α-hetero) is 1. The summed E-state index contributed by atoms with van der Waals surface area (Å²) < 4.78 is 17.2. The van der Waals surface area contributed by atoms with E-state index in [1.807, 2.05) is 36.4 Å². The summed E-state index contributed by atoms with van der Waals surface area (Å²) in [6.45, 7) is 3.68. The molecule has 312 valence electrons. The van der Waals surface area contributed by atoms with E-state index in [-0.39, 0.29) is 55.6 Å². The summed E-state index contributed by atoms with van der Waals surface area (Å²) in [6, 6.07) is 16.8. The third kappa shape index (κ3) is 9.90. The number of methoxy groups -OCH3 is 1. The highest BCUT2D eigenvalue weighted by molar-refractivity contribution is 5.89. The van der Waals surface area contributed by atoms with Crippen LogP contribution in [0.1, 0.15) is 104 Å². The summed E-state index contributed by atoms with van der Waals surface area (Å²) in [4.78, 5) is 41.0. The van der Waals surface area contributed by atoms with E-state index in [0.29, 0.717) is 85.1 Å². The predicted octanol–water partition coefficient (Wildman–Crippen LogP) is 5.97. The molecule has 11 heteroatoms. The second-order valence-electron chi connectivity index (χ2n) is 17.3. The fourth-order valence-electron chi connectivity index (χ4n) is 8.95. The van der Waals surface area contributed by atoms with Crippen molar-refractivity contribution in [3.63, 3.8) is 0 Å². The highest BCUT2D eigenvalue weighted by Crippen LogP contribution is 2.43. The molecule has 0 spiro atoms. The third-order valence-corrected chi connectivity index (χ3v) is 12.6. The number of carbonyl (C=O) groups excluding carboxylic acids is 3. The van der Waals surface area contributed by atoms with Crippen LogP contribution in [0.3, 0.4) is 0 Å². The first-order valence-corrected chi connectivity index (χ1v) is 20.7. The van der Waals surface area contributed by atoms with Crippen molar-refractivity contribution >= 4 is 23.4 Å². The minimum absolute atomic E-state index is 0.0349. The molecule has 59 heavy (non-hydrogen) atoms. The van der Waals surface area contributed by atoms with Gasteiger partial charge in [0.2, 0.25) is 0 Å². The van der Waals surface area contributed by atoms with Gasteiger partial charge in [-0.25, -0.2) is 4.79 Å². The van der Waals surface area contributed by atoms with Crippen molar-refractivity contribution in [3.8, 4) is 23.3 Å². The monoisotopic (exact) mass is 805 g/mol. The number of aromatic hydroxyl groups is 1. The Hall–Kier alpha value is -4.99. The van der Waals surface area contributed by atoms with Crippen molar-refractivity contribution in [1.82, 2.24) is 0 Å². The van der Waals surface area contributed by atoms with Gasteiger partial charge in [-0.05, 0) is 104 Å². The average Bonchev–Trinajstić information content (AvgIpc) is 3.21. The molecule has 3 aromatic carbocycles. The van der Waals surface area contributed by atoms with Crippen LogP contribution in [0.2, 0.25) is 0 Å². The van der Waals surface area contributed by atoms with Crippen molar-refractivity contribution < 1.29 is 49.0 Å². The number of phenolic OH excluding ortho intramolecular Hbond substituents is 1. The quantitative estimate of drug-likeness (QED) is 0.103. The fraction of sp³-hybridized carbons (Fsp3) is 0.479. The van der Waals surface area contributed by atoms with Crippen molar-refractivity contribution in [1.29, 1.82) is 0 Å². The maximum atomic E-state index is 14.7. The number of ketones is 1. The van der Waals surface area contributed by atoms with E-state index < -0.39 is 47.0 Å². The van der Waals surface area contributed by atoms with Gasteiger partial charge in [0.05, 0.1) is 24.5 Å². The van der Waals surface area contributed by atoms with Gasteiger partial charge in [0.25, 0.3) is 0 Å². The highest BCUT2D eigenvalue weighted by Gasteiger charge is 2.46. The number of aryl methyl sites for hydroxylation is 1. The van der Waals surface area contributed by atoms with E-state index >= 15 is 0 Å². The lowest BCUT2D eigenvalue weighted by Crippen LogP contribution is -2.52. The Balaban J connectivity index is 1.36. The van der Waals surface area contributed by atoms with Crippen molar-refractivity contribution in [2.75, 3.05) is 25.6 Å². The summed E-state index contributed by atoms with van der Waals surface area (Å²) in [7, 11) is 1.58. The van der Waals surface area contributed by atoms with E-state index in [0.717, 1.165) is 11.1 Å². The second kappa shape index (κ2) is 17.7. The number of esters is 2. The average molecular weight is 806 g/mol. The second-order valence-corrected chi connectivity index (χ2v) is 17.3. The minimum atomic E-state index is -1.60. The minimum Gasteiger partial charge on any atom is -0.508 e. The maximum Gasteiger partial charge on any atom is 0.334 e. The molecule has 8 bridgehead atoms. The zero-order valence-corrected chi connectivity index (χ0v) is 34.1. The zero-order chi connectivity index (χ0) is 41.9. The number of phenols is 1. The molecule has 5 N–H and O–H groups in total. The van der Waals surface area contributed by atoms with Gasteiger partial charge < -0.3 is 40.0 Å². The Bertz CT molecular complexity index is 2180. The van der Waals surface area contributed by atoms with Crippen LogP contribution >= 0.6 is 0 Å². The number of allylic oxidation sites excluding steroid dienone is 1. The Morgan fingerprint density at radius 2 is 1.78 bits per heavy atom. The number of rotatable bonds is 8. The number of anilines is 1. The number of nitrogens with one attached hydrogen (secondary N) is 1. The zero-order valence-electron chi connectivity index (χ0n) is 34.1. The highest BCUT2D eigenvalue weighted by atomic mass is 16.6. The SMILES string of the molecule is COCC[C@@](C)(O)CNc1cc(CO)cc([C@H]2C#C[C@@H]3CC(=O)Oc4cc(O)c(cc43)C[C@H]3OC(=O)/C(=C\CCc4cccc(c4)C[C@H]4C[C@@H](CCC4=O)[C@]3(C)O)C2)c1. The van der Waals surface area contributed by atoms with Crippen LogP contribution in [0.4, 0.5) is 5.69 Å². The van der Waals surface area contributed by atoms with E-state index in [4.69, 9.17) is 14.2 Å². The first kappa shape index (κ1) is 42.1. The van der Waals surface area contributed by atoms with Gasteiger partial charge in [-0.3, -0.25) is 9.59 Å². The van der Waals surface area contributed by atoms with Crippen LogP contribution in [0.15, 0.2) is 66.2 Å². The van der Waals surface area contributed by atoms with Gasteiger partial charge in [0.1, 0.15) is 29.0 Å². The van der Waals surface area contributed by atoms with Gasteiger partial charge in [0, 0.05) is 74.3 Å². The number of carbonyl (C=O) groups is 3. The van der Waals surface area contributed by atoms with Crippen molar-refractivity contribution in [2.24, 2.45) is 11.8 Å². The Kier molecular flexibility index (Phi) is 12.6. The van der Waals surface area contributed by atoms with Gasteiger partial charge in [-0.2, -0.15) is 0 Å². The smallest absolute Gasteiger partial charge is 0.334 e. The molecule has 1 aliphatic carbocycles. The van der Waals surface area contributed by atoms with E-state index in [1.54, 1.807) is 33.1 Å². The predicted molar refractivity (Wildman–Crippen MR) is 221 cm³/mol. The number of aliphatic hydroxyl groups is 3. The van der Waals surface area contributed by atoms with E-state index in [9.17, 15) is 34.8 Å². The molecule has 0 aromatic heterocycles. The molecule has 3 heterocycles. The molecule has 1 saturated carbocycles. The summed E-state index contributed by atoms with van der Waals surface area (Å²) in [5, 5.41) is 48.6. The Labute approximate surface area is 345 Å². The lowest BCUT2D eigenvalue weighted by atomic mass is 9.68. The van der Waals surface area contributed by atoms with Crippen molar-refractivity contribution in [3.05, 3.63) is 99.6 Å². The molecular weight excluding hydrogens is 751 g/mol. The number of aliphatic hydroxyl groups excluding tert-OH is 1. The van der Waals surface area contributed by atoms with Crippen LogP contribution in [0.5, 0.6) is 11.5 Å². The Morgan fingerprint density at radius 1 is 0.983 bits per heavy atom. The molecule has 0 amide bonds. The maximum absolute atomic E-state index is 14.7. The Morgan fingerprint density at radius 3 is 2.58 bits per heavy atom. The summed E-state index contributed by atoms with van der Waals surface area (Å²) in [5.74, 6) is 3.84. The van der Waals surface area contributed by atoms with Crippen LogP contribution in [-0.2, 0) is 49.7 Å². The topological polar surface area (TPSA) is 172 Å². The molecule has 7 rings (SSSR count). The molecule has 1 fully saturated rings.